The molecular formula is C21H26N4O2. The summed E-state index contributed by atoms with van der Waals surface area (Å²) >= 11 is 0. The summed E-state index contributed by atoms with van der Waals surface area (Å²) in [6, 6.07) is 5.61. The minimum atomic E-state index is -0.900. The number of hydrogen-bond donors (Lipinski definition) is 2. The van der Waals surface area contributed by atoms with E-state index in [2.05, 4.69) is 16.4 Å². The summed E-state index contributed by atoms with van der Waals surface area (Å²) in [5, 5.41) is 12.6. The van der Waals surface area contributed by atoms with Crippen molar-refractivity contribution >= 4 is 11.8 Å². The molecular weight excluding hydrogens is 340 g/mol. The number of amides is 2. The highest BCUT2D eigenvalue weighted by Crippen LogP contribution is 2.60. The molecule has 0 spiro atoms. The molecule has 6 heteroatoms. The minimum absolute atomic E-state index is 0.0787. The molecule has 0 saturated heterocycles. The van der Waals surface area contributed by atoms with Crippen LogP contribution >= 0.6 is 0 Å². The Morgan fingerprint density at radius 3 is 2.56 bits per heavy atom. The first kappa shape index (κ1) is 18.0. The Labute approximate surface area is 159 Å². The molecule has 0 radical (unpaired) electrons. The van der Waals surface area contributed by atoms with Gasteiger partial charge < -0.3 is 11.1 Å². The lowest BCUT2D eigenvalue weighted by atomic mass is 9.47. The van der Waals surface area contributed by atoms with Crippen LogP contribution in [0.1, 0.15) is 57.2 Å². The summed E-state index contributed by atoms with van der Waals surface area (Å²) in [7, 11) is 0. The van der Waals surface area contributed by atoms with Crippen LogP contribution in [0.15, 0.2) is 18.3 Å². The Morgan fingerprint density at radius 2 is 1.96 bits per heavy atom. The average Bonchev–Trinajstić information content (AvgIpc) is 2.63. The number of nitrogens with two attached hydrogens (primary N) is 1. The number of nitrogens with one attached hydrogen (secondary N) is 1. The highest BCUT2D eigenvalue weighted by atomic mass is 16.2. The zero-order valence-electron chi connectivity index (χ0n) is 15.9. The Bertz CT molecular complexity index is 825. The second-order valence-corrected chi connectivity index (χ2v) is 9.25. The van der Waals surface area contributed by atoms with E-state index < -0.39 is 5.41 Å². The number of carbonyl (C=O) groups excluding carboxylic acids is 2. The van der Waals surface area contributed by atoms with E-state index in [1.165, 1.54) is 0 Å². The van der Waals surface area contributed by atoms with Gasteiger partial charge in [0.1, 0.15) is 6.07 Å². The summed E-state index contributed by atoms with van der Waals surface area (Å²) in [5.74, 6) is 0.893. The second kappa shape index (κ2) is 6.05. The first-order valence-electron chi connectivity index (χ1n) is 9.73. The lowest BCUT2D eigenvalue weighted by molar-refractivity contribution is -0.148. The normalized spacial score (nSPS) is 34.1. The molecule has 6 nitrogen and oxygen atoms in total. The van der Waals surface area contributed by atoms with Crippen LogP contribution in [0.25, 0.3) is 0 Å². The molecule has 27 heavy (non-hydrogen) atoms. The Morgan fingerprint density at radius 1 is 1.30 bits per heavy atom. The maximum atomic E-state index is 13.2. The van der Waals surface area contributed by atoms with E-state index in [4.69, 9.17) is 5.73 Å². The first-order chi connectivity index (χ1) is 12.8. The lowest BCUT2D eigenvalue weighted by Crippen LogP contribution is -2.63. The summed E-state index contributed by atoms with van der Waals surface area (Å²) in [4.78, 5) is 29.6. The first-order valence-corrected chi connectivity index (χ1v) is 9.73. The molecule has 1 aromatic heterocycles. The van der Waals surface area contributed by atoms with Crippen molar-refractivity contribution in [2.24, 2.45) is 28.9 Å². The van der Waals surface area contributed by atoms with E-state index in [1.807, 2.05) is 13.8 Å². The number of hydrogen-bond acceptors (Lipinski definition) is 4. The molecule has 0 aromatic carbocycles. The van der Waals surface area contributed by atoms with Crippen LogP contribution in [-0.2, 0) is 15.0 Å². The van der Waals surface area contributed by atoms with Crippen molar-refractivity contribution in [1.29, 1.82) is 5.26 Å². The standard InChI is InChI=1S/C21H26N4O2/c1-20(2,17-13(11-22)4-3-5-24-17)19(27)25-16-14-6-12-7-15(16)10-21(8-12,9-14)18(23)26/h3-5,12,14-16H,6-10H2,1-2H3,(H2,23,26)(H,25,27)/t12?,14-,15+,16?,21?. The third-order valence-electron chi connectivity index (χ3n) is 7.18. The number of nitriles is 1. The van der Waals surface area contributed by atoms with Gasteiger partial charge in [0.2, 0.25) is 11.8 Å². The molecule has 3 unspecified atom stereocenters. The number of carbonyl (C=O) groups is 2. The Kier molecular flexibility index (Phi) is 4.03. The fourth-order valence-electron chi connectivity index (χ4n) is 5.99. The molecule has 1 aromatic rings. The van der Waals surface area contributed by atoms with E-state index >= 15 is 0 Å². The minimum Gasteiger partial charge on any atom is -0.369 e. The van der Waals surface area contributed by atoms with Crippen LogP contribution in [0.4, 0.5) is 0 Å². The van der Waals surface area contributed by atoms with Crippen molar-refractivity contribution in [3.63, 3.8) is 0 Å². The summed E-state index contributed by atoms with van der Waals surface area (Å²) in [5.41, 5.74) is 5.42. The van der Waals surface area contributed by atoms with Gasteiger partial charge in [-0.1, -0.05) is 0 Å². The number of nitrogens with zero attached hydrogens (tertiary/aromatic N) is 2. The molecule has 4 aliphatic rings. The van der Waals surface area contributed by atoms with E-state index in [-0.39, 0.29) is 23.3 Å². The zero-order valence-corrected chi connectivity index (χ0v) is 15.9. The quantitative estimate of drug-likeness (QED) is 0.849. The number of primary amides is 1. The molecule has 3 N–H and O–H groups in total. The van der Waals surface area contributed by atoms with Crippen molar-refractivity contribution in [1.82, 2.24) is 10.3 Å². The predicted molar refractivity (Wildman–Crippen MR) is 99.1 cm³/mol. The smallest absolute Gasteiger partial charge is 0.231 e. The second-order valence-electron chi connectivity index (χ2n) is 9.25. The lowest BCUT2D eigenvalue weighted by Gasteiger charge is -2.59. The van der Waals surface area contributed by atoms with Gasteiger partial charge in [0.15, 0.2) is 0 Å². The van der Waals surface area contributed by atoms with Crippen molar-refractivity contribution in [3.05, 3.63) is 29.6 Å². The largest absolute Gasteiger partial charge is 0.369 e. The maximum absolute atomic E-state index is 13.2. The predicted octanol–water partition coefficient (Wildman–Crippen LogP) is 2.03. The van der Waals surface area contributed by atoms with Crippen LogP contribution in [0.2, 0.25) is 0 Å². The third-order valence-corrected chi connectivity index (χ3v) is 7.18. The summed E-state index contributed by atoms with van der Waals surface area (Å²) in [6.45, 7) is 3.62. The van der Waals surface area contributed by atoms with Crippen molar-refractivity contribution in [2.75, 3.05) is 0 Å². The molecule has 5 atom stereocenters. The van der Waals surface area contributed by atoms with Gasteiger partial charge in [-0.25, -0.2) is 0 Å². The molecule has 4 saturated carbocycles. The highest BCUT2D eigenvalue weighted by molar-refractivity contribution is 5.88. The van der Waals surface area contributed by atoms with Crippen LogP contribution < -0.4 is 11.1 Å². The van der Waals surface area contributed by atoms with E-state index in [1.54, 1.807) is 18.3 Å². The van der Waals surface area contributed by atoms with Crippen molar-refractivity contribution in [3.8, 4) is 6.07 Å². The van der Waals surface area contributed by atoms with E-state index in [0.29, 0.717) is 29.0 Å². The Hall–Kier alpha value is -2.42. The van der Waals surface area contributed by atoms with Crippen LogP contribution in [0.5, 0.6) is 0 Å². The van der Waals surface area contributed by atoms with Gasteiger partial charge in [-0.2, -0.15) is 5.26 Å². The summed E-state index contributed by atoms with van der Waals surface area (Å²) in [6.07, 6.45) is 6.22. The molecule has 4 aliphatic carbocycles. The molecule has 4 bridgehead atoms. The van der Waals surface area contributed by atoms with Gasteiger partial charge in [0.05, 0.1) is 16.7 Å². The van der Waals surface area contributed by atoms with Crippen molar-refractivity contribution in [2.45, 2.75) is 57.4 Å². The fraction of sp³-hybridized carbons (Fsp3) is 0.619. The van der Waals surface area contributed by atoms with Gasteiger partial charge in [0.25, 0.3) is 0 Å². The van der Waals surface area contributed by atoms with Gasteiger partial charge in [-0.15, -0.1) is 0 Å². The van der Waals surface area contributed by atoms with Crippen LogP contribution in [0.3, 0.4) is 0 Å². The highest BCUT2D eigenvalue weighted by Gasteiger charge is 2.58. The fourth-order valence-corrected chi connectivity index (χ4v) is 5.99. The van der Waals surface area contributed by atoms with E-state index in [9.17, 15) is 14.9 Å². The van der Waals surface area contributed by atoms with Gasteiger partial charge in [-0.3, -0.25) is 14.6 Å². The van der Waals surface area contributed by atoms with Gasteiger partial charge in [-0.05, 0) is 75.8 Å². The average molecular weight is 366 g/mol. The van der Waals surface area contributed by atoms with Crippen molar-refractivity contribution < 1.29 is 9.59 Å². The van der Waals surface area contributed by atoms with Gasteiger partial charge in [0, 0.05) is 17.7 Å². The van der Waals surface area contributed by atoms with Crippen LogP contribution in [0, 0.1) is 34.5 Å². The maximum Gasteiger partial charge on any atom is 0.231 e. The molecule has 0 aliphatic heterocycles. The number of pyridine rings is 1. The van der Waals surface area contributed by atoms with Crippen LogP contribution in [-0.4, -0.2) is 22.8 Å². The third kappa shape index (κ3) is 2.72. The van der Waals surface area contributed by atoms with Gasteiger partial charge >= 0.3 is 0 Å². The zero-order chi connectivity index (χ0) is 19.4. The molecule has 1 heterocycles. The SMILES string of the molecule is CC(C)(C(=O)NC1[C@@H]2CC3C[C@H]1CC(C(N)=O)(C3)C2)c1ncccc1C#N. The molecule has 2 amide bonds. The number of rotatable bonds is 4. The molecule has 4 fully saturated rings. The molecule has 142 valence electrons. The summed E-state index contributed by atoms with van der Waals surface area (Å²) < 4.78 is 0. The Balaban J connectivity index is 1.56. The molecule has 5 rings (SSSR count). The number of aromatic nitrogens is 1. The topological polar surface area (TPSA) is 109 Å². The monoisotopic (exact) mass is 366 g/mol. The van der Waals surface area contributed by atoms with E-state index in [0.717, 1.165) is 32.1 Å².